The molecule has 22 heavy (non-hydrogen) atoms. The molecule has 2 aromatic heterocycles. The van der Waals surface area contributed by atoms with Crippen LogP contribution in [0.15, 0.2) is 30.5 Å². The van der Waals surface area contributed by atoms with Crippen LogP contribution in [-0.4, -0.2) is 27.2 Å². The molecule has 1 atom stereocenters. The zero-order valence-corrected chi connectivity index (χ0v) is 12.9. The highest BCUT2D eigenvalue weighted by atomic mass is 16.5. The topological polar surface area (TPSA) is 71.0 Å². The molecular weight excluding hydrogens is 278 g/mol. The summed E-state index contributed by atoms with van der Waals surface area (Å²) in [6.45, 7) is 3.91. The lowest BCUT2D eigenvalue weighted by Crippen LogP contribution is -2.08. The fourth-order valence-corrected chi connectivity index (χ4v) is 2.69. The number of aliphatic hydroxyl groups excluding tert-OH is 1. The summed E-state index contributed by atoms with van der Waals surface area (Å²) >= 11 is 0. The molecule has 0 spiro atoms. The van der Waals surface area contributed by atoms with E-state index < -0.39 is 6.10 Å². The number of H-pyrrole nitrogens is 1. The maximum absolute atomic E-state index is 10.5. The molecule has 0 saturated carbocycles. The van der Waals surface area contributed by atoms with E-state index in [9.17, 15) is 5.11 Å². The van der Waals surface area contributed by atoms with E-state index in [1.807, 2.05) is 38.1 Å². The van der Waals surface area contributed by atoms with Gasteiger partial charge in [0.25, 0.3) is 0 Å². The monoisotopic (exact) mass is 297 g/mol. The predicted molar refractivity (Wildman–Crippen MR) is 85.0 cm³/mol. The SMILES string of the molecule is COc1c(C)cnc(CC(O)c2nc3ccccc3[nH]2)c1C. The molecule has 0 amide bonds. The third-order valence-electron chi connectivity index (χ3n) is 3.86. The van der Waals surface area contributed by atoms with Crippen molar-refractivity contribution in [1.82, 2.24) is 15.0 Å². The Kier molecular flexibility index (Phi) is 3.81. The van der Waals surface area contributed by atoms with Gasteiger partial charge in [0.05, 0.1) is 18.1 Å². The van der Waals surface area contributed by atoms with Crippen LogP contribution >= 0.6 is 0 Å². The van der Waals surface area contributed by atoms with E-state index in [-0.39, 0.29) is 0 Å². The number of pyridine rings is 1. The lowest BCUT2D eigenvalue weighted by molar-refractivity contribution is 0.168. The van der Waals surface area contributed by atoms with E-state index in [1.165, 1.54) is 0 Å². The zero-order chi connectivity index (χ0) is 15.7. The van der Waals surface area contributed by atoms with Crippen LogP contribution in [0.5, 0.6) is 5.75 Å². The first-order valence-corrected chi connectivity index (χ1v) is 7.22. The Labute approximate surface area is 129 Å². The van der Waals surface area contributed by atoms with Crippen molar-refractivity contribution >= 4 is 11.0 Å². The number of para-hydroxylation sites is 2. The van der Waals surface area contributed by atoms with Gasteiger partial charge in [-0.25, -0.2) is 4.98 Å². The molecule has 0 aliphatic carbocycles. The Hall–Kier alpha value is -2.40. The number of aromatic nitrogens is 3. The average molecular weight is 297 g/mol. The van der Waals surface area contributed by atoms with Crippen molar-refractivity contribution in [2.75, 3.05) is 7.11 Å². The molecular formula is C17H19N3O2. The van der Waals surface area contributed by atoms with Crippen LogP contribution in [0.2, 0.25) is 0 Å². The molecule has 114 valence electrons. The number of aryl methyl sites for hydroxylation is 1. The standard InChI is InChI=1S/C17H19N3O2/c1-10-9-18-14(11(2)16(10)22-3)8-15(21)17-19-12-6-4-5-7-13(12)20-17/h4-7,9,15,21H,8H2,1-3H3,(H,19,20). The van der Waals surface area contributed by atoms with Gasteiger partial charge in [0.1, 0.15) is 17.7 Å². The Bertz CT molecular complexity index is 778. The number of aromatic amines is 1. The van der Waals surface area contributed by atoms with Crippen molar-refractivity contribution in [3.8, 4) is 5.75 Å². The molecule has 5 nitrogen and oxygen atoms in total. The lowest BCUT2D eigenvalue weighted by Gasteiger charge is -2.14. The lowest BCUT2D eigenvalue weighted by atomic mass is 10.1. The highest BCUT2D eigenvalue weighted by Crippen LogP contribution is 2.27. The first-order valence-electron chi connectivity index (χ1n) is 7.22. The molecule has 1 aromatic carbocycles. The van der Waals surface area contributed by atoms with Crippen LogP contribution in [0.3, 0.4) is 0 Å². The molecule has 0 fully saturated rings. The summed E-state index contributed by atoms with van der Waals surface area (Å²) in [4.78, 5) is 12.0. The van der Waals surface area contributed by atoms with Gasteiger partial charge in [-0.05, 0) is 26.0 Å². The van der Waals surface area contributed by atoms with Crippen LogP contribution in [0.25, 0.3) is 11.0 Å². The minimum absolute atomic E-state index is 0.391. The Morgan fingerprint density at radius 2 is 2.05 bits per heavy atom. The second-order valence-corrected chi connectivity index (χ2v) is 5.41. The van der Waals surface area contributed by atoms with Gasteiger partial charge in [-0.3, -0.25) is 4.98 Å². The molecule has 0 aliphatic rings. The van der Waals surface area contributed by atoms with Crippen LogP contribution in [0.1, 0.15) is 28.7 Å². The van der Waals surface area contributed by atoms with Gasteiger partial charge in [0.15, 0.2) is 0 Å². The number of nitrogens with zero attached hydrogens (tertiary/aromatic N) is 2. The number of benzene rings is 1. The van der Waals surface area contributed by atoms with E-state index in [1.54, 1.807) is 13.3 Å². The van der Waals surface area contributed by atoms with Gasteiger partial charge in [0, 0.05) is 29.4 Å². The summed E-state index contributed by atoms with van der Waals surface area (Å²) in [5.74, 6) is 1.38. The number of ether oxygens (including phenoxy) is 1. The fourth-order valence-electron chi connectivity index (χ4n) is 2.69. The van der Waals surface area contributed by atoms with E-state index in [0.717, 1.165) is 33.6 Å². The van der Waals surface area contributed by atoms with Gasteiger partial charge in [-0.2, -0.15) is 0 Å². The maximum atomic E-state index is 10.5. The van der Waals surface area contributed by atoms with Crippen molar-refractivity contribution < 1.29 is 9.84 Å². The molecule has 0 saturated heterocycles. The molecule has 2 heterocycles. The van der Waals surface area contributed by atoms with Crippen molar-refractivity contribution in [2.24, 2.45) is 0 Å². The van der Waals surface area contributed by atoms with Gasteiger partial charge in [-0.15, -0.1) is 0 Å². The van der Waals surface area contributed by atoms with Gasteiger partial charge in [0.2, 0.25) is 0 Å². The highest BCUT2D eigenvalue weighted by Gasteiger charge is 2.17. The van der Waals surface area contributed by atoms with Crippen molar-refractivity contribution in [3.05, 3.63) is 53.1 Å². The molecule has 0 aliphatic heterocycles. The van der Waals surface area contributed by atoms with Gasteiger partial charge < -0.3 is 14.8 Å². The third kappa shape index (κ3) is 2.55. The Morgan fingerprint density at radius 3 is 2.77 bits per heavy atom. The number of nitrogens with one attached hydrogen (secondary N) is 1. The number of fused-ring (bicyclic) bond motifs is 1. The van der Waals surface area contributed by atoms with E-state index in [4.69, 9.17) is 4.74 Å². The van der Waals surface area contributed by atoms with Gasteiger partial charge in [-0.1, -0.05) is 12.1 Å². The largest absolute Gasteiger partial charge is 0.496 e. The predicted octanol–water partition coefficient (Wildman–Crippen LogP) is 2.86. The highest BCUT2D eigenvalue weighted by molar-refractivity contribution is 5.74. The first kappa shape index (κ1) is 14.5. The normalized spacial score (nSPS) is 12.5. The maximum Gasteiger partial charge on any atom is 0.136 e. The minimum Gasteiger partial charge on any atom is -0.496 e. The van der Waals surface area contributed by atoms with Crippen molar-refractivity contribution in [1.29, 1.82) is 0 Å². The molecule has 0 bridgehead atoms. The smallest absolute Gasteiger partial charge is 0.136 e. The van der Waals surface area contributed by atoms with Gasteiger partial charge >= 0.3 is 0 Å². The van der Waals surface area contributed by atoms with E-state index in [0.29, 0.717) is 12.2 Å². The number of hydrogen-bond acceptors (Lipinski definition) is 4. The summed E-state index contributed by atoms with van der Waals surface area (Å²) in [5.41, 5.74) is 4.53. The molecule has 3 aromatic rings. The molecule has 3 rings (SSSR count). The van der Waals surface area contributed by atoms with Crippen LogP contribution < -0.4 is 4.74 Å². The number of imidazole rings is 1. The first-order chi connectivity index (χ1) is 10.6. The zero-order valence-electron chi connectivity index (χ0n) is 12.9. The quantitative estimate of drug-likeness (QED) is 0.777. The van der Waals surface area contributed by atoms with Crippen LogP contribution in [0, 0.1) is 13.8 Å². The molecule has 0 radical (unpaired) electrons. The minimum atomic E-state index is -0.731. The summed E-state index contributed by atoms with van der Waals surface area (Å²) in [6.07, 6.45) is 1.43. The second kappa shape index (κ2) is 5.77. The molecule has 1 unspecified atom stereocenters. The Balaban J connectivity index is 1.89. The molecule has 5 heteroatoms. The number of methoxy groups -OCH3 is 1. The average Bonchev–Trinajstić information content (AvgIpc) is 2.95. The summed E-state index contributed by atoms with van der Waals surface area (Å²) in [5, 5.41) is 10.5. The summed E-state index contributed by atoms with van der Waals surface area (Å²) in [6, 6.07) is 7.72. The third-order valence-corrected chi connectivity index (χ3v) is 3.86. The Morgan fingerprint density at radius 1 is 1.27 bits per heavy atom. The van der Waals surface area contributed by atoms with Crippen LogP contribution in [-0.2, 0) is 6.42 Å². The number of aliphatic hydroxyl groups is 1. The summed E-state index contributed by atoms with van der Waals surface area (Å²) in [7, 11) is 1.65. The van der Waals surface area contributed by atoms with Crippen molar-refractivity contribution in [3.63, 3.8) is 0 Å². The fraction of sp³-hybridized carbons (Fsp3) is 0.294. The van der Waals surface area contributed by atoms with Crippen molar-refractivity contribution in [2.45, 2.75) is 26.4 Å². The van der Waals surface area contributed by atoms with Crippen LogP contribution in [0.4, 0.5) is 0 Å². The van der Waals surface area contributed by atoms with E-state index in [2.05, 4.69) is 15.0 Å². The second-order valence-electron chi connectivity index (χ2n) is 5.41. The molecule has 2 N–H and O–H groups in total. The number of hydrogen-bond donors (Lipinski definition) is 2. The number of rotatable bonds is 4. The summed E-state index contributed by atoms with van der Waals surface area (Å²) < 4.78 is 5.41. The van der Waals surface area contributed by atoms with E-state index >= 15 is 0 Å².